The monoisotopic (exact) mass is 316 g/mol. The molecule has 4 heteroatoms. The van der Waals surface area contributed by atoms with Crippen LogP contribution in [0.2, 0.25) is 0 Å². The van der Waals surface area contributed by atoms with Crippen molar-refractivity contribution in [3.63, 3.8) is 0 Å². The van der Waals surface area contributed by atoms with Crippen LogP contribution in [0.5, 0.6) is 0 Å². The second kappa shape index (κ2) is 4.74. The molecular formula is C8H6Br2Si2. The molecule has 0 heterocycles. The van der Waals surface area contributed by atoms with Crippen LogP contribution in [0.4, 0.5) is 0 Å². The highest BCUT2D eigenvalue weighted by Gasteiger charge is 2.01. The Labute approximate surface area is 96.2 Å². The summed E-state index contributed by atoms with van der Waals surface area (Å²) in [7, 11) is 7.12. The standard InChI is InChI=1S/C8H6Br2Si2/c9-3-5-1-7(11)6(4-10)2-8(5)12/h1-2H,3-4H2. The van der Waals surface area contributed by atoms with Gasteiger partial charge in [-0.15, -0.1) is 0 Å². The van der Waals surface area contributed by atoms with Crippen molar-refractivity contribution in [2.24, 2.45) is 0 Å². The van der Waals surface area contributed by atoms with E-state index < -0.39 is 0 Å². The summed E-state index contributed by atoms with van der Waals surface area (Å²) in [5, 5.41) is 4.02. The molecule has 12 heavy (non-hydrogen) atoms. The van der Waals surface area contributed by atoms with Gasteiger partial charge in [0.2, 0.25) is 0 Å². The third-order valence-electron chi connectivity index (χ3n) is 1.62. The van der Waals surface area contributed by atoms with Gasteiger partial charge in [0.1, 0.15) is 0 Å². The third kappa shape index (κ3) is 2.31. The highest BCUT2D eigenvalue weighted by Crippen LogP contribution is 2.05. The van der Waals surface area contributed by atoms with E-state index in [1.807, 2.05) is 0 Å². The molecule has 0 bridgehead atoms. The Morgan fingerprint density at radius 2 is 1.25 bits per heavy atom. The van der Waals surface area contributed by atoms with Crippen LogP contribution >= 0.6 is 31.9 Å². The number of rotatable bonds is 2. The van der Waals surface area contributed by atoms with Crippen molar-refractivity contribution in [1.82, 2.24) is 0 Å². The second-order valence-corrected chi connectivity index (χ2v) is 4.63. The van der Waals surface area contributed by atoms with Crippen molar-refractivity contribution >= 4 is 62.7 Å². The van der Waals surface area contributed by atoms with Gasteiger partial charge in [-0.25, -0.2) is 0 Å². The average Bonchev–Trinajstić information content (AvgIpc) is 2.08. The van der Waals surface area contributed by atoms with E-state index in [0.29, 0.717) is 0 Å². The molecule has 0 unspecified atom stereocenters. The summed E-state index contributed by atoms with van der Waals surface area (Å²) in [6.07, 6.45) is 0. The van der Waals surface area contributed by atoms with E-state index in [9.17, 15) is 0 Å². The number of halogens is 2. The molecule has 0 saturated heterocycles. The Kier molecular flexibility index (Phi) is 4.22. The largest absolute Gasteiger partial charge is 0.0876 e. The summed E-state index contributed by atoms with van der Waals surface area (Å²) >= 11 is 6.85. The molecule has 1 aromatic rings. The van der Waals surface area contributed by atoms with Crippen LogP contribution in [0.15, 0.2) is 12.1 Å². The zero-order valence-corrected chi connectivity index (χ0v) is 11.5. The minimum Gasteiger partial charge on any atom is -0.0876 e. The number of hydrogen-bond acceptors (Lipinski definition) is 0. The van der Waals surface area contributed by atoms with Crippen molar-refractivity contribution < 1.29 is 0 Å². The van der Waals surface area contributed by atoms with E-state index in [-0.39, 0.29) is 0 Å². The van der Waals surface area contributed by atoms with Gasteiger partial charge in [0.25, 0.3) is 0 Å². The van der Waals surface area contributed by atoms with Gasteiger partial charge in [-0.05, 0) is 11.1 Å². The minimum absolute atomic E-state index is 0.867. The Balaban J connectivity index is 3.16. The van der Waals surface area contributed by atoms with Crippen LogP contribution in [0.25, 0.3) is 0 Å². The lowest BCUT2D eigenvalue weighted by molar-refractivity contribution is 1.43. The van der Waals surface area contributed by atoms with E-state index in [0.717, 1.165) is 21.0 Å². The Bertz CT molecular complexity index is 257. The predicted octanol–water partition coefficient (Wildman–Crippen LogP) is 1.06. The molecular weight excluding hydrogens is 312 g/mol. The van der Waals surface area contributed by atoms with Crippen molar-refractivity contribution in [1.29, 1.82) is 0 Å². The summed E-state index contributed by atoms with van der Waals surface area (Å²) in [5.41, 5.74) is 2.50. The van der Waals surface area contributed by atoms with Gasteiger partial charge in [0.15, 0.2) is 0 Å². The first-order valence-corrected chi connectivity index (χ1v) is 6.64. The fourth-order valence-corrected chi connectivity index (χ4v) is 3.03. The maximum absolute atomic E-state index is 3.56. The molecule has 0 nitrogen and oxygen atoms in total. The first kappa shape index (κ1) is 10.7. The lowest BCUT2D eigenvalue weighted by Gasteiger charge is -2.07. The fourth-order valence-electron chi connectivity index (χ4n) is 0.910. The van der Waals surface area contributed by atoms with Crippen molar-refractivity contribution in [3.05, 3.63) is 23.3 Å². The molecule has 0 fully saturated rings. The van der Waals surface area contributed by atoms with E-state index >= 15 is 0 Å². The van der Waals surface area contributed by atoms with Crippen molar-refractivity contribution in [3.8, 4) is 0 Å². The maximum Gasteiger partial charge on any atom is 0.0716 e. The van der Waals surface area contributed by atoms with Gasteiger partial charge in [-0.2, -0.15) is 0 Å². The summed E-state index contributed by atoms with van der Waals surface area (Å²) in [6, 6.07) is 4.23. The smallest absolute Gasteiger partial charge is 0.0716 e. The molecule has 0 N–H and O–H groups in total. The van der Waals surface area contributed by atoms with Crippen LogP contribution in [0.1, 0.15) is 11.1 Å². The molecule has 0 aliphatic heterocycles. The Morgan fingerprint density at radius 3 is 1.50 bits per heavy atom. The number of alkyl halides is 2. The van der Waals surface area contributed by atoms with E-state index in [1.165, 1.54) is 11.1 Å². The molecule has 0 amide bonds. The molecule has 0 aliphatic rings. The lowest BCUT2D eigenvalue weighted by atomic mass is 10.2. The van der Waals surface area contributed by atoms with Crippen molar-refractivity contribution in [2.75, 3.05) is 0 Å². The minimum atomic E-state index is 0.867. The Hall–Kier alpha value is 0.614. The summed E-state index contributed by atoms with van der Waals surface area (Å²) in [6.45, 7) is 0. The van der Waals surface area contributed by atoms with Gasteiger partial charge >= 0.3 is 0 Å². The second-order valence-electron chi connectivity index (χ2n) is 2.43. The number of hydrogen-bond donors (Lipinski definition) is 0. The first-order chi connectivity index (χ1) is 5.69. The quantitative estimate of drug-likeness (QED) is 0.565. The SMILES string of the molecule is [Si]c1cc(CBr)c([Si])cc1CBr. The molecule has 1 aromatic carbocycles. The van der Waals surface area contributed by atoms with Gasteiger partial charge in [0.05, 0.1) is 20.5 Å². The van der Waals surface area contributed by atoms with E-state index in [4.69, 9.17) is 0 Å². The highest BCUT2D eigenvalue weighted by atomic mass is 79.9. The fraction of sp³-hybridized carbons (Fsp3) is 0.250. The predicted molar refractivity (Wildman–Crippen MR) is 62.5 cm³/mol. The van der Waals surface area contributed by atoms with Crippen LogP contribution in [0, 0.1) is 0 Å². The summed E-state index contributed by atoms with van der Waals surface area (Å²) in [5.74, 6) is 0. The van der Waals surface area contributed by atoms with Crippen LogP contribution in [-0.2, 0) is 10.7 Å². The average molecular weight is 318 g/mol. The van der Waals surface area contributed by atoms with Crippen LogP contribution < -0.4 is 10.4 Å². The zero-order chi connectivity index (χ0) is 9.14. The maximum atomic E-state index is 3.56. The van der Waals surface area contributed by atoms with E-state index in [1.54, 1.807) is 0 Å². The molecule has 0 saturated carbocycles. The van der Waals surface area contributed by atoms with Gasteiger partial charge in [-0.1, -0.05) is 54.4 Å². The van der Waals surface area contributed by atoms with Crippen LogP contribution in [0.3, 0.4) is 0 Å². The normalized spacial score (nSPS) is 10.3. The van der Waals surface area contributed by atoms with Crippen LogP contribution in [-0.4, -0.2) is 20.5 Å². The summed E-state index contributed by atoms with van der Waals surface area (Å²) in [4.78, 5) is 0. The third-order valence-corrected chi connectivity index (χ3v) is 3.76. The molecule has 0 spiro atoms. The molecule has 0 aromatic heterocycles. The molecule has 0 atom stereocenters. The number of benzene rings is 1. The van der Waals surface area contributed by atoms with Crippen molar-refractivity contribution in [2.45, 2.75) is 10.7 Å². The highest BCUT2D eigenvalue weighted by molar-refractivity contribution is 9.08. The zero-order valence-electron chi connectivity index (χ0n) is 6.32. The lowest BCUT2D eigenvalue weighted by Crippen LogP contribution is -2.19. The van der Waals surface area contributed by atoms with E-state index in [2.05, 4.69) is 64.5 Å². The molecule has 1 rings (SSSR count). The Morgan fingerprint density at radius 1 is 0.917 bits per heavy atom. The molecule has 60 valence electrons. The molecule has 0 aliphatic carbocycles. The first-order valence-electron chi connectivity index (χ1n) is 3.40. The topological polar surface area (TPSA) is 0 Å². The van der Waals surface area contributed by atoms with Gasteiger partial charge < -0.3 is 0 Å². The molecule has 6 radical (unpaired) electrons. The summed E-state index contributed by atoms with van der Waals surface area (Å²) < 4.78 is 0. The van der Waals surface area contributed by atoms with Gasteiger partial charge in [0, 0.05) is 10.7 Å². The van der Waals surface area contributed by atoms with Gasteiger partial charge in [-0.3, -0.25) is 0 Å².